The third kappa shape index (κ3) is 4.80. The molecule has 1 heterocycles. The van der Waals surface area contributed by atoms with Gasteiger partial charge in [0.1, 0.15) is 0 Å². The highest BCUT2D eigenvalue weighted by Gasteiger charge is 2.16. The van der Waals surface area contributed by atoms with Gasteiger partial charge in [0.25, 0.3) is 5.91 Å². The smallest absolute Gasteiger partial charge is 0.259 e. The van der Waals surface area contributed by atoms with Crippen LogP contribution in [0, 0.1) is 30.1 Å². The first-order chi connectivity index (χ1) is 13.2. The third-order valence-electron chi connectivity index (χ3n) is 4.48. The fourth-order valence-electron chi connectivity index (χ4n) is 3.09. The number of hydrogen-bond acceptors (Lipinski definition) is 2. The number of hydrogen-bond donors (Lipinski definition) is 1. The highest BCUT2D eigenvalue weighted by Crippen LogP contribution is 2.30. The van der Waals surface area contributed by atoms with Gasteiger partial charge in [-0.2, -0.15) is 5.10 Å². The summed E-state index contributed by atoms with van der Waals surface area (Å²) in [4.78, 5) is 12.7. The first kappa shape index (κ1) is 19.7. The Morgan fingerprint density at radius 1 is 1.29 bits per heavy atom. The Bertz CT molecular complexity index is 1010. The van der Waals surface area contributed by atoms with Gasteiger partial charge >= 0.3 is 0 Å². The van der Waals surface area contributed by atoms with E-state index in [0.29, 0.717) is 5.56 Å². The Balaban J connectivity index is 1.79. The Labute approximate surface area is 167 Å². The van der Waals surface area contributed by atoms with Gasteiger partial charge in [0, 0.05) is 35.8 Å². The molecule has 0 saturated heterocycles. The fourth-order valence-corrected chi connectivity index (χ4v) is 3.09. The van der Waals surface area contributed by atoms with Gasteiger partial charge in [0.05, 0.1) is 11.3 Å². The van der Waals surface area contributed by atoms with Crippen molar-refractivity contribution in [1.82, 2.24) is 9.78 Å². The molecule has 0 saturated carbocycles. The summed E-state index contributed by atoms with van der Waals surface area (Å²) in [5.74, 6) is 6.76. The van der Waals surface area contributed by atoms with Gasteiger partial charge in [0.2, 0.25) is 0 Å². The Morgan fingerprint density at radius 2 is 2.04 bits per heavy atom. The number of rotatable bonds is 3. The fraction of sp³-hybridized carbons (Fsp3) is 0.333. The highest BCUT2D eigenvalue weighted by molar-refractivity contribution is 6.06. The molecule has 0 aliphatic heterocycles. The monoisotopic (exact) mass is 373 g/mol. The van der Waals surface area contributed by atoms with E-state index in [4.69, 9.17) is 0 Å². The topological polar surface area (TPSA) is 46.9 Å². The van der Waals surface area contributed by atoms with Crippen LogP contribution in [-0.4, -0.2) is 15.7 Å². The van der Waals surface area contributed by atoms with Gasteiger partial charge in [-0.05, 0) is 45.8 Å². The van der Waals surface area contributed by atoms with Crippen LogP contribution in [0.1, 0.15) is 48.8 Å². The zero-order valence-electron chi connectivity index (χ0n) is 17.2. The SMILES string of the molecule is Cc1nn(C)cc1C(=O)Nc1ccccc1C1=CCC(C#CC(C)(C)C)C=C1. The molecule has 0 spiro atoms. The number of allylic oxidation sites excluding steroid dienone is 4. The average Bonchev–Trinajstić information content (AvgIpc) is 2.99. The van der Waals surface area contributed by atoms with Crippen LogP contribution in [0.15, 0.2) is 48.7 Å². The number of carbonyl (C=O) groups is 1. The van der Waals surface area contributed by atoms with Crippen molar-refractivity contribution in [3.05, 3.63) is 65.5 Å². The molecule has 1 N–H and O–H groups in total. The first-order valence-corrected chi connectivity index (χ1v) is 9.55. The van der Waals surface area contributed by atoms with Gasteiger partial charge in [-0.1, -0.05) is 48.3 Å². The zero-order valence-corrected chi connectivity index (χ0v) is 17.2. The van der Waals surface area contributed by atoms with Crippen LogP contribution in [0.3, 0.4) is 0 Å². The number of aromatic nitrogens is 2. The minimum Gasteiger partial charge on any atom is -0.321 e. The lowest BCUT2D eigenvalue weighted by molar-refractivity contribution is 0.102. The summed E-state index contributed by atoms with van der Waals surface area (Å²) in [6.07, 6.45) is 9.07. The molecule has 1 aromatic carbocycles. The Kier molecular flexibility index (Phi) is 5.56. The van der Waals surface area contributed by atoms with Gasteiger partial charge < -0.3 is 5.32 Å². The van der Waals surface area contributed by atoms with Crippen molar-refractivity contribution >= 4 is 17.2 Å². The number of nitrogens with one attached hydrogen (secondary N) is 1. The largest absolute Gasteiger partial charge is 0.321 e. The van der Waals surface area contributed by atoms with E-state index in [1.807, 2.05) is 38.2 Å². The number of anilines is 1. The number of para-hydroxylation sites is 1. The van der Waals surface area contributed by atoms with Crippen LogP contribution >= 0.6 is 0 Å². The number of benzene rings is 1. The normalized spacial score (nSPS) is 16.2. The molecule has 4 nitrogen and oxygen atoms in total. The van der Waals surface area contributed by atoms with Crippen molar-refractivity contribution in [2.24, 2.45) is 18.4 Å². The van der Waals surface area contributed by atoms with E-state index >= 15 is 0 Å². The molecule has 1 atom stereocenters. The van der Waals surface area contributed by atoms with Crippen molar-refractivity contribution < 1.29 is 4.79 Å². The molecular formula is C24H27N3O. The van der Waals surface area contributed by atoms with Gasteiger partial charge in [-0.3, -0.25) is 9.48 Å². The van der Waals surface area contributed by atoms with Crippen LogP contribution in [0.4, 0.5) is 5.69 Å². The minimum absolute atomic E-state index is 0.0130. The summed E-state index contributed by atoms with van der Waals surface area (Å²) in [7, 11) is 1.81. The molecule has 1 aliphatic carbocycles. The number of amides is 1. The van der Waals surface area contributed by atoms with E-state index in [-0.39, 0.29) is 17.2 Å². The Hall–Kier alpha value is -3.06. The maximum absolute atomic E-state index is 12.7. The van der Waals surface area contributed by atoms with Gasteiger partial charge in [-0.25, -0.2) is 0 Å². The first-order valence-electron chi connectivity index (χ1n) is 9.55. The Morgan fingerprint density at radius 3 is 2.64 bits per heavy atom. The summed E-state index contributed by atoms with van der Waals surface area (Å²) in [5.41, 5.74) is 4.23. The standard InChI is InChI=1S/C24H27N3O/c1-17-21(16-27(5)26-17)23(28)25-22-9-7-6-8-20(22)19-12-10-18(11-13-19)14-15-24(2,3)4/h6-10,12-13,16,18H,11H2,1-5H3,(H,25,28). The van der Waals surface area contributed by atoms with E-state index in [1.54, 1.807) is 10.9 Å². The predicted molar refractivity (Wildman–Crippen MR) is 115 cm³/mol. The van der Waals surface area contributed by atoms with Crippen LogP contribution in [-0.2, 0) is 7.05 Å². The third-order valence-corrected chi connectivity index (χ3v) is 4.48. The van der Waals surface area contributed by atoms with Crippen molar-refractivity contribution in [3.63, 3.8) is 0 Å². The maximum atomic E-state index is 12.7. The second-order valence-electron chi connectivity index (χ2n) is 8.18. The molecule has 0 fully saturated rings. The second kappa shape index (κ2) is 7.90. The number of carbonyl (C=O) groups excluding carboxylic acids is 1. The lowest BCUT2D eigenvalue weighted by Crippen LogP contribution is -2.13. The van der Waals surface area contributed by atoms with Crippen molar-refractivity contribution in [3.8, 4) is 11.8 Å². The van der Waals surface area contributed by atoms with E-state index in [2.05, 4.69) is 61.3 Å². The summed E-state index contributed by atoms with van der Waals surface area (Å²) < 4.78 is 1.65. The van der Waals surface area contributed by atoms with Crippen molar-refractivity contribution in [1.29, 1.82) is 0 Å². The van der Waals surface area contributed by atoms with Gasteiger partial charge in [0.15, 0.2) is 0 Å². The predicted octanol–water partition coefficient (Wildman–Crippen LogP) is 4.99. The van der Waals surface area contributed by atoms with Crippen molar-refractivity contribution in [2.45, 2.75) is 34.1 Å². The molecule has 3 rings (SSSR count). The molecule has 1 aromatic heterocycles. The molecule has 1 amide bonds. The molecule has 144 valence electrons. The molecular weight excluding hydrogens is 346 g/mol. The summed E-state index contributed by atoms with van der Waals surface area (Å²) in [5, 5.41) is 7.29. The average molecular weight is 374 g/mol. The van der Waals surface area contributed by atoms with Crippen LogP contribution in [0.5, 0.6) is 0 Å². The van der Waals surface area contributed by atoms with E-state index in [1.165, 1.54) is 0 Å². The highest BCUT2D eigenvalue weighted by atomic mass is 16.1. The molecule has 28 heavy (non-hydrogen) atoms. The second-order valence-corrected chi connectivity index (χ2v) is 8.18. The van der Waals surface area contributed by atoms with E-state index < -0.39 is 0 Å². The molecule has 4 heteroatoms. The number of nitrogens with zero attached hydrogens (tertiary/aromatic N) is 2. The van der Waals surface area contributed by atoms with Crippen LogP contribution < -0.4 is 5.32 Å². The minimum atomic E-state index is -0.146. The summed E-state index contributed by atoms with van der Waals surface area (Å²) in [6.45, 7) is 8.20. The molecule has 1 aliphatic rings. The van der Waals surface area contributed by atoms with E-state index in [0.717, 1.165) is 28.9 Å². The maximum Gasteiger partial charge on any atom is 0.259 e. The molecule has 2 aromatic rings. The lowest BCUT2D eigenvalue weighted by atomic mass is 9.90. The van der Waals surface area contributed by atoms with Crippen LogP contribution in [0.25, 0.3) is 5.57 Å². The zero-order chi connectivity index (χ0) is 20.3. The van der Waals surface area contributed by atoms with Crippen LogP contribution in [0.2, 0.25) is 0 Å². The quantitative estimate of drug-likeness (QED) is 0.771. The van der Waals surface area contributed by atoms with E-state index in [9.17, 15) is 4.79 Å². The lowest BCUT2D eigenvalue weighted by Gasteiger charge is -2.16. The molecule has 0 bridgehead atoms. The summed E-state index contributed by atoms with van der Waals surface area (Å²) in [6, 6.07) is 7.88. The van der Waals surface area contributed by atoms with Gasteiger partial charge in [-0.15, -0.1) is 0 Å². The molecule has 1 unspecified atom stereocenters. The molecule has 0 radical (unpaired) electrons. The number of aryl methyl sites for hydroxylation is 2. The van der Waals surface area contributed by atoms with Crippen molar-refractivity contribution in [2.75, 3.05) is 5.32 Å². The summed E-state index contributed by atoms with van der Waals surface area (Å²) >= 11 is 0.